The fourth-order valence-electron chi connectivity index (χ4n) is 1.74. The van der Waals surface area contributed by atoms with Gasteiger partial charge in [-0.2, -0.15) is 0 Å². The third-order valence-electron chi connectivity index (χ3n) is 2.93. The van der Waals surface area contributed by atoms with Crippen molar-refractivity contribution in [3.05, 3.63) is 57.6 Å². The molecule has 1 amide bonds. The van der Waals surface area contributed by atoms with E-state index in [9.17, 15) is 25.1 Å². The number of nitrogens with zero attached hydrogens (tertiary/aromatic N) is 1. The number of benzene rings is 2. The number of phenols is 2. The van der Waals surface area contributed by atoms with Crippen molar-refractivity contribution in [1.82, 2.24) is 0 Å². The molecule has 0 radical (unpaired) electrons. The van der Waals surface area contributed by atoms with E-state index in [-0.39, 0.29) is 17.0 Å². The second-order valence-electron chi connectivity index (χ2n) is 4.38. The number of rotatable bonds is 3. The Labute approximate surface area is 119 Å². The van der Waals surface area contributed by atoms with Crippen LogP contribution in [0, 0.1) is 17.0 Å². The molecule has 0 saturated heterocycles. The number of phenolic OH excluding ortho intramolecular Hbond substituents is 2. The van der Waals surface area contributed by atoms with Gasteiger partial charge in [-0.25, -0.2) is 0 Å². The molecule has 0 fully saturated rings. The average molecular weight is 288 g/mol. The first kappa shape index (κ1) is 14.3. The minimum atomic E-state index is -0.706. The summed E-state index contributed by atoms with van der Waals surface area (Å²) in [4.78, 5) is 22.2. The topological polar surface area (TPSA) is 113 Å². The second-order valence-corrected chi connectivity index (χ2v) is 4.38. The first-order valence-corrected chi connectivity index (χ1v) is 5.97. The molecule has 108 valence electrons. The lowest BCUT2D eigenvalue weighted by atomic mass is 10.1. The quantitative estimate of drug-likeness (QED) is 0.456. The van der Waals surface area contributed by atoms with Crippen LogP contribution in [0.3, 0.4) is 0 Å². The molecule has 0 aliphatic carbocycles. The molecular formula is C14H12N2O5. The maximum atomic E-state index is 12.0. The lowest BCUT2D eigenvalue weighted by Crippen LogP contribution is -2.13. The molecule has 3 N–H and O–H groups in total. The molecule has 0 saturated carbocycles. The number of carbonyl (C=O) groups is 1. The van der Waals surface area contributed by atoms with Gasteiger partial charge >= 0.3 is 0 Å². The summed E-state index contributed by atoms with van der Waals surface area (Å²) in [6, 6.07) is 7.97. The number of hydrogen-bond donors (Lipinski definition) is 3. The molecule has 0 heterocycles. The van der Waals surface area contributed by atoms with E-state index >= 15 is 0 Å². The van der Waals surface area contributed by atoms with Gasteiger partial charge in [-0.05, 0) is 30.7 Å². The van der Waals surface area contributed by atoms with Crippen LogP contribution in [0.1, 0.15) is 15.9 Å². The molecule has 0 aliphatic heterocycles. The summed E-state index contributed by atoms with van der Waals surface area (Å²) in [6.45, 7) is 1.67. The summed E-state index contributed by atoms with van der Waals surface area (Å²) in [7, 11) is 0. The van der Waals surface area contributed by atoms with Crippen LogP contribution in [-0.2, 0) is 0 Å². The van der Waals surface area contributed by atoms with E-state index in [1.54, 1.807) is 13.0 Å². The number of amides is 1. The molecule has 0 unspecified atom stereocenters. The number of aryl methyl sites for hydroxylation is 1. The van der Waals surface area contributed by atoms with Crippen LogP contribution in [0.4, 0.5) is 11.4 Å². The molecule has 0 aromatic heterocycles. The summed E-state index contributed by atoms with van der Waals surface area (Å²) >= 11 is 0. The molecule has 2 rings (SSSR count). The molecular weight excluding hydrogens is 276 g/mol. The molecule has 0 spiro atoms. The Morgan fingerprint density at radius 1 is 1.19 bits per heavy atom. The van der Waals surface area contributed by atoms with Crippen LogP contribution < -0.4 is 5.32 Å². The zero-order valence-electron chi connectivity index (χ0n) is 11.0. The Kier molecular flexibility index (Phi) is 3.75. The zero-order valence-corrected chi connectivity index (χ0v) is 11.0. The molecule has 2 aromatic carbocycles. The molecule has 7 nitrogen and oxygen atoms in total. The van der Waals surface area contributed by atoms with Crippen LogP contribution >= 0.6 is 0 Å². The van der Waals surface area contributed by atoms with Gasteiger partial charge in [-0.15, -0.1) is 0 Å². The third-order valence-corrected chi connectivity index (χ3v) is 2.93. The highest BCUT2D eigenvalue weighted by atomic mass is 16.6. The number of nitrogens with one attached hydrogen (secondary N) is 1. The Morgan fingerprint density at radius 3 is 2.52 bits per heavy atom. The van der Waals surface area contributed by atoms with Gasteiger partial charge in [-0.1, -0.05) is 12.1 Å². The fourth-order valence-corrected chi connectivity index (χ4v) is 1.74. The molecule has 0 aliphatic rings. The standard InChI is InChI=1S/C14H12N2O5/c1-8-5-6-9(7-12(8)18)14(19)15-13-10(16(20)21)3-2-4-11(13)17/h2-7,17-18H,1H3,(H,15,19). The van der Waals surface area contributed by atoms with Crippen LogP contribution in [0.5, 0.6) is 11.5 Å². The number of anilines is 1. The molecule has 7 heteroatoms. The predicted molar refractivity (Wildman–Crippen MR) is 75.6 cm³/mol. The summed E-state index contributed by atoms with van der Waals surface area (Å²) in [6.07, 6.45) is 0. The van der Waals surface area contributed by atoms with E-state index in [2.05, 4.69) is 5.32 Å². The van der Waals surface area contributed by atoms with Gasteiger partial charge in [0.1, 0.15) is 11.5 Å². The maximum absolute atomic E-state index is 12.0. The minimum absolute atomic E-state index is 0.0607. The van der Waals surface area contributed by atoms with Gasteiger partial charge in [0, 0.05) is 11.6 Å². The number of aromatic hydroxyl groups is 2. The molecule has 0 bridgehead atoms. The van der Waals surface area contributed by atoms with Gasteiger partial charge in [0.25, 0.3) is 11.6 Å². The lowest BCUT2D eigenvalue weighted by Gasteiger charge is -2.08. The van der Waals surface area contributed by atoms with Gasteiger partial charge in [0.15, 0.2) is 5.69 Å². The van der Waals surface area contributed by atoms with Crippen molar-refractivity contribution in [1.29, 1.82) is 0 Å². The highest BCUT2D eigenvalue weighted by molar-refractivity contribution is 6.06. The van der Waals surface area contributed by atoms with Crippen LogP contribution in [0.15, 0.2) is 36.4 Å². The van der Waals surface area contributed by atoms with Crippen LogP contribution in [0.25, 0.3) is 0 Å². The van der Waals surface area contributed by atoms with Crippen molar-refractivity contribution in [2.75, 3.05) is 5.32 Å². The van der Waals surface area contributed by atoms with E-state index in [1.807, 2.05) is 0 Å². The predicted octanol–water partition coefficient (Wildman–Crippen LogP) is 2.57. The summed E-state index contributed by atoms with van der Waals surface area (Å²) in [5.41, 5.74) is 0.0167. The first-order valence-electron chi connectivity index (χ1n) is 5.97. The largest absolute Gasteiger partial charge is 0.508 e. The van der Waals surface area contributed by atoms with Crippen molar-refractivity contribution in [2.45, 2.75) is 6.92 Å². The molecule has 0 atom stereocenters. The van der Waals surface area contributed by atoms with Crippen molar-refractivity contribution < 1.29 is 19.9 Å². The van der Waals surface area contributed by atoms with E-state index in [4.69, 9.17) is 0 Å². The smallest absolute Gasteiger partial charge is 0.296 e. The zero-order chi connectivity index (χ0) is 15.6. The Morgan fingerprint density at radius 2 is 1.90 bits per heavy atom. The SMILES string of the molecule is Cc1ccc(C(=O)Nc2c(O)cccc2[N+](=O)[O-])cc1O. The van der Waals surface area contributed by atoms with Crippen LogP contribution in [-0.4, -0.2) is 21.0 Å². The first-order chi connectivity index (χ1) is 9.90. The number of nitro groups is 1. The van der Waals surface area contributed by atoms with Crippen molar-refractivity contribution in [3.8, 4) is 11.5 Å². The number of carbonyl (C=O) groups excluding carboxylic acids is 1. The van der Waals surface area contributed by atoms with E-state index < -0.39 is 22.3 Å². The van der Waals surface area contributed by atoms with Gasteiger partial charge in [0.2, 0.25) is 0 Å². The van der Waals surface area contributed by atoms with Crippen molar-refractivity contribution in [2.24, 2.45) is 0 Å². The number of para-hydroxylation sites is 1. The summed E-state index contributed by atoms with van der Waals surface area (Å²) in [5, 5.41) is 32.4. The van der Waals surface area contributed by atoms with Crippen molar-refractivity contribution >= 4 is 17.3 Å². The van der Waals surface area contributed by atoms with E-state index in [0.29, 0.717) is 5.56 Å². The monoisotopic (exact) mass is 288 g/mol. The number of nitro benzene ring substituents is 1. The third kappa shape index (κ3) is 2.92. The second kappa shape index (κ2) is 5.49. The summed E-state index contributed by atoms with van der Waals surface area (Å²) < 4.78 is 0. The Balaban J connectivity index is 2.36. The van der Waals surface area contributed by atoms with E-state index in [1.165, 1.54) is 30.3 Å². The molecule has 2 aromatic rings. The normalized spacial score (nSPS) is 10.1. The lowest BCUT2D eigenvalue weighted by molar-refractivity contribution is -0.384. The fraction of sp³-hybridized carbons (Fsp3) is 0.0714. The summed E-state index contributed by atoms with van der Waals surface area (Å²) in [5.74, 6) is -1.14. The van der Waals surface area contributed by atoms with Crippen LogP contribution in [0.2, 0.25) is 0 Å². The number of hydrogen-bond acceptors (Lipinski definition) is 5. The molecule has 21 heavy (non-hydrogen) atoms. The Hall–Kier alpha value is -3.09. The average Bonchev–Trinajstić information content (AvgIpc) is 2.43. The maximum Gasteiger partial charge on any atom is 0.296 e. The van der Waals surface area contributed by atoms with Gasteiger partial charge < -0.3 is 15.5 Å². The van der Waals surface area contributed by atoms with E-state index in [0.717, 1.165) is 0 Å². The van der Waals surface area contributed by atoms with Crippen molar-refractivity contribution in [3.63, 3.8) is 0 Å². The minimum Gasteiger partial charge on any atom is -0.508 e. The highest BCUT2D eigenvalue weighted by Gasteiger charge is 2.20. The van der Waals surface area contributed by atoms with Gasteiger partial charge in [-0.3, -0.25) is 14.9 Å². The Bertz CT molecular complexity index is 727. The van der Waals surface area contributed by atoms with Gasteiger partial charge in [0.05, 0.1) is 4.92 Å². The highest BCUT2D eigenvalue weighted by Crippen LogP contribution is 2.33.